The van der Waals surface area contributed by atoms with Crippen molar-refractivity contribution in [2.75, 3.05) is 0 Å². The van der Waals surface area contributed by atoms with Crippen molar-refractivity contribution in [2.45, 2.75) is 33.1 Å². The SMILES string of the molecule is CC(=O)C(CC(C)CCC(=O)O)C(=O)O. The maximum atomic E-state index is 11.0. The van der Waals surface area contributed by atoms with Gasteiger partial charge in [-0.3, -0.25) is 14.4 Å². The van der Waals surface area contributed by atoms with E-state index in [1.54, 1.807) is 6.92 Å². The topological polar surface area (TPSA) is 91.7 Å². The number of carbonyl (C=O) groups excluding carboxylic acids is 1. The van der Waals surface area contributed by atoms with Gasteiger partial charge < -0.3 is 10.2 Å². The number of aliphatic carboxylic acids is 2. The van der Waals surface area contributed by atoms with Gasteiger partial charge >= 0.3 is 11.9 Å². The Bertz CT molecular complexity index is 245. The highest BCUT2D eigenvalue weighted by Gasteiger charge is 2.24. The van der Waals surface area contributed by atoms with Crippen LogP contribution in [0, 0.1) is 11.8 Å². The first kappa shape index (κ1) is 13.6. The van der Waals surface area contributed by atoms with Crippen LogP contribution in [0.1, 0.15) is 33.1 Å². The number of ketones is 1. The van der Waals surface area contributed by atoms with Crippen molar-refractivity contribution in [1.82, 2.24) is 0 Å². The van der Waals surface area contributed by atoms with Crippen LogP contribution in [0.15, 0.2) is 0 Å². The third-order valence-electron chi connectivity index (χ3n) is 2.28. The standard InChI is InChI=1S/C10H16O5/c1-6(3-4-9(12)13)5-8(7(2)11)10(14)15/h6,8H,3-5H2,1-2H3,(H,12,13)(H,14,15). The van der Waals surface area contributed by atoms with Gasteiger partial charge in [0.2, 0.25) is 0 Å². The summed E-state index contributed by atoms with van der Waals surface area (Å²) in [6, 6.07) is 0. The van der Waals surface area contributed by atoms with E-state index in [4.69, 9.17) is 10.2 Å². The zero-order chi connectivity index (χ0) is 12.0. The molecule has 0 amide bonds. The van der Waals surface area contributed by atoms with E-state index >= 15 is 0 Å². The fourth-order valence-corrected chi connectivity index (χ4v) is 1.33. The van der Waals surface area contributed by atoms with E-state index in [0.717, 1.165) is 0 Å². The number of Topliss-reactive ketones (excluding diaryl/α,β-unsaturated/α-hetero) is 1. The van der Waals surface area contributed by atoms with Crippen molar-refractivity contribution in [3.8, 4) is 0 Å². The van der Waals surface area contributed by atoms with Crippen molar-refractivity contribution >= 4 is 17.7 Å². The minimum absolute atomic E-state index is 0.00537. The lowest BCUT2D eigenvalue weighted by Crippen LogP contribution is -2.24. The molecular formula is C10H16O5. The third kappa shape index (κ3) is 5.83. The van der Waals surface area contributed by atoms with Crippen molar-refractivity contribution in [1.29, 1.82) is 0 Å². The highest BCUT2D eigenvalue weighted by Crippen LogP contribution is 2.18. The summed E-state index contributed by atoms with van der Waals surface area (Å²) in [5.74, 6) is -3.51. The Balaban J connectivity index is 4.11. The summed E-state index contributed by atoms with van der Waals surface area (Å²) in [6.45, 7) is 2.99. The number of hydrogen-bond donors (Lipinski definition) is 2. The second-order valence-electron chi connectivity index (χ2n) is 3.77. The fourth-order valence-electron chi connectivity index (χ4n) is 1.33. The van der Waals surface area contributed by atoms with Crippen molar-refractivity contribution < 1.29 is 24.6 Å². The lowest BCUT2D eigenvalue weighted by atomic mass is 9.90. The van der Waals surface area contributed by atoms with Crippen LogP contribution in [0.25, 0.3) is 0 Å². The smallest absolute Gasteiger partial charge is 0.314 e. The zero-order valence-electron chi connectivity index (χ0n) is 8.90. The molecule has 0 fully saturated rings. The summed E-state index contributed by atoms with van der Waals surface area (Å²) in [5, 5.41) is 17.2. The van der Waals surface area contributed by atoms with E-state index in [1.165, 1.54) is 6.92 Å². The molecule has 0 spiro atoms. The Kier molecular flexibility index (Phi) is 5.59. The molecule has 2 unspecified atom stereocenters. The normalized spacial score (nSPS) is 14.3. The molecule has 86 valence electrons. The number of hydrogen-bond acceptors (Lipinski definition) is 3. The Labute approximate surface area is 88.1 Å². The summed E-state index contributed by atoms with van der Waals surface area (Å²) in [6.07, 6.45) is 0.607. The number of rotatable bonds is 7. The molecule has 0 aromatic carbocycles. The number of carboxylic acid groups (broad SMARTS) is 2. The summed E-state index contributed by atoms with van der Waals surface area (Å²) < 4.78 is 0. The molecule has 2 atom stereocenters. The van der Waals surface area contributed by atoms with Crippen LogP contribution in [0.5, 0.6) is 0 Å². The average Bonchev–Trinajstić information content (AvgIpc) is 2.09. The van der Waals surface area contributed by atoms with Gasteiger partial charge in [-0.1, -0.05) is 6.92 Å². The lowest BCUT2D eigenvalue weighted by Gasteiger charge is -2.14. The first-order valence-corrected chi connectivity index (χ1v) is 4.79. The van der Waals surface area contributed by atoms with E-state index in [-0.39, 0.29) is 24.5 Å². The molecule has 0 heterocycles. The Morgan fingerprint density at radius 3 is 2.07 bits per heavy atom. The number of carbonyl (C=O) groups is 3. The summed E-state index contributed by atoms with van der Waals surface area (Å²) >= 11 is 0. The van der Waals surface area contributed by atoms with Crippen LogP contribution in [-0.2, 0) is 14.4 Å². The van der Waals surface area contributed by atoms with Gasteiger partial charge in [0, 0.05) is 6.42 Å². The van der Waals surface area contributed by atoms with Crippen molar-refractivity contribution in [3.63, 3.8) is 0 Å². The van der Waals surface area contributed by atoms with Crippen LogP contribution in [0.4, 0.5) is 0 Å². The van der Waals surface area contributed by atoms with E-state index in [0.29, 0.717) is 6.42 Å². The maximum Gasteiger partial charge on any atom is 0.314 e. The molecule has 0 aliphatic carbocycles. The minimum atomic E-state index is -1.13. The minimum Gasteiger partial charge on any atom is -0.481 e. The molecule has 0 saturated heterocycles. The lowest BCUT2D eigenvalue weighted by molar-refractivity contribution is -0.146. The van der Waals surface area contributed by atoms with Gasteiger partial charge in [-0.25, -0.2) is 0 Å². The largest absolute Gasteiger partial charge is 0.481 e. The monoisotopic (exact) mass is 216 g/mol. The van der Waals surface area contributed by atoms with Crippen LogP contribution >= 0.6 is 0 Å². The van der Waals surface area contributed by atoms with E-state index in [1.807, 2.05) is 0 Å². The van der Waals surface area contributed by atoms with Gasteiger partial charge in [0.15, 0.2) is 0 Å². The molecule has 15 heavy (non-hydrogen) atoms. The number of carboxylic acids is 2. The van der Waals surface area contributed by atoms with Crippen LogP contribution < -0.4 is 0 Å². The summed E-state index contributed by atoms with van der Waals surface area (Å²) in [7, 11) is 0. The van der Waals surface area contributed by atoms with Gasteiger partial charge in [-0.05, 0) is 25.7 Å². The molecule has 0 radical (unpaired) electrons. The second-order valence-corrected chi connectivity index (χ2v) is 3.77. The summed E-state index contributed by atoms with van der Waals surface area (Å²) in [4.78, 5) is 31.9. The fraction of sp³-hybridized carbons (Fsp3) is 0.700. The molecule has 0 bridgehead atoms. The first-order valence-electron chi connectivity index (χ1n) is 4.79. The average molecular weight is 216 g/mol. The van der Waals surface area contributed by atoms with Crippen LogP contribution in [0.2, 0.25) is 0 Å². The van der Waals surface area contributed by atoms with Gasteiger partial charge in [-0.15, -0.1) is 0 Å². The van der Waals surface area contributed by atoms with Gasteiger partial charge in [0.25, 0.3) is 0 Å². The van der Waals surface area contributed by atoms with Crippen molar-refractivity contribution in [2.24, 2.45) is 11.8 Å². The Morgan fingerprint density at radius 1 is 1.20 bits per heavy atom. The third-order valence-corrected chi connectivity index (χ3v) is 2.28. The Hall–Kier alpha value is -1.39. The van der Waals surface area contributed by atoms with Gasteiger partial charge in [0.05, 0.1) is 0 Å². The maximum absolute atomic E-state index is 11.0. The molecule has 2 N–H and O–H groups in total. The predicted molar refractivity (Wildman–Crippen MR) is 52.5 cm³/mol. The first-order chi connectivity index (χ1) is 6.84. The zero-order valence-corrected chi connectivity index (χ0v) is 8.90. The highest BCUT2D eigenvalue weighted by atomic mass is 16.4. The molecule has 0 aliphatic heterocycles. The van der Waals surface area contributed by atoms with E-state index in [2.05, 4.69) is 0 Å². The molecule has 0 aromatic rings. The second kappa shape index (κ2) is 6.16. The molecule has 0 rings (SSSR count). The summed E-state index contributed by atoms with van der Waals surface area (Å²) in [5.41, 5.74) is 0. The molecule has 5 nitrogen and oxygen atoms in total. The molecular weight excluding hydrogens is 200 g/mol. The Morgan fingerprint density at radius 2 is 1.73 bits per heavy atom. The van der Waals surface area contributed by atoms with E-state index < -0.39 is 17.9 Å². The van der Waals surface area contributed by atoms with E-state index in [9.17, 15) is 14.4 Å². The van der Waals surface area contributed by atoms with Gasteiger partial charge in [0.1, 0.15) is 11.7 Å². The molecule has 5 heteroatoms. The predicted octanol–water partition coefficient (Wildman–Crippen LogP) is 1.17. The quantitative estimate of drug-likeness (QED) is 0.623. The molecule has 0 aromatic heterocycles. The highest BCUT2D eigenvalue weighted by molar-refractivity contribution is 5.96. The van der Waals surface area contributed by atoms with Crippen molar-refractivity contribution in [3.05, 3.63) is 0 Å². The van der Waals surface area contributed by atoms with Crippen LogP contribution in [-0.4, -0.2) is 27.9 Å². The molecule has 0 saturated carbocycles. The van der Waals surface area contributed by atoms with Gasteiger partial charge in [-0.2, -0.15) is 0 Å². The molecule has 0 aliphatic rings. The van der Waals surface area contributed by atoms with Crippen LogP contribution in [0.3, 0.4) is 0 Å².